The van der Waals surface area contributed by atoms with Crippen molar-refractivity contribution in [2.45, 2.75) is 46.3 Å². The Labute approximate surface area is 100 Å². The van der Waals surface area contributed by atoms with Crippen molar-refractivity contribution in [1.82, 2.24) is 9.80 Å². The summed E-state index contributed by atoms with van der Waals surface area (Å²) in [5.74, 6) is 0.368. The molecule has 2 atom stereocenters. The second-order valence-electron chi connectivity index (χ2n) is 5.23. The highest BCUT2D eigenvalue weighted by Gasteiger charge is 2.27. The number of rotatable bonds is 6. The van der Waals surface area contributed by atoms with E-state index in [-0.39, 0.29) is 6.10 Å². The fourth-order valence-electron chi connectivity index (χ4n) is 2.49. The fraction of sp³-hybridized carbons (Fsp3) is 1.00. The average Bonchev–Trinajstić information content (AvgIpc) is 2.68. The van der Waals surface area contributed by atoms with Crippen LogP contribution >= 0.6 is 0 Å². The predicted molar refractivity (Wildman–Crippen MR) is 68.6 cm³/mol. The summed E-state index contributed by atoms with van der Waals surface area (Å²) in [6.45, 7) is 14.0. The number of aliphatic hydroxyl groups is 1. The first-order valence-electron chi connectivity index (χ1n) is 6.72. The molecular formula is C13H28N2O. The van der Waals surface area contributed by atoms with E-state index in [1.54, 1.807) is 0 Å². The molecule has 1 saturated heterocycles. The Hall–Kier alpha value is -0.120. The van der Waals surface area contributed by atoms with Crippen LogP contribution in [0, 0.1) is 5.92 Å². The Bertz CT molecular complexity index is 192. The first-order chi connectivity index (χ1) is 7.58. The first-order valence-corrected chi connectivity index (χ1v) is 6.72. The van der Waals surface area contributed by atoms with E-state index in [2.05, 4.69) is 37.5 Å². The number of likely N-dealkylation sites (tertiary alicyclic amines) is 1. The van der Waals surface area contributed by atoms with Crippen LogP contribution in [0.4, 0.5) is 0 Å². The Morgan fingerprint density at radius 1 is 1.31 bits per heavy atom. The summed E-state index contributed by atoms with van der Waals surface area (Å²) in [6, 6.07) is 0.703. The molecule has 1 fully saturated rings. The topological polar surface area (TPSA) is 26.7 Å². The van der Waals surface area contributed by atoms with Crippen LogP contribution < -0.4 is 0 Å². The van der Waals surface area contributed by atoms with Gasteiger partial charge in [0, 0.05) is 19.1 Å². The molecular weight excluding hydrogens is 200 g/mol. The standard InChI is InChI=1S/C13H28N2O/c1-5-15(6-2)12-7-8-14(9-12)10-13(16)11(3)4/h11-13,16H,5-10H2,1-4H3. The molecule has 0 aromatic heterocycles. The smallest absolute Gasteiger partial charge is 0.0689 e. The summed E-state index contributed by atoms with van der Waals surface area (Å²) in [5.41, 5.74) is 0. The Balaban J connectivity index is 2.34. The molecule has 1 N–H and O–H groups in total. The predicted octanol–water partition coefficient (Wildman–Crippen LogP) is 1.42. The molecule has 0 amide bonds. The van der Waals surface area contributed by atoms with Crippen molar-refractivity contribution in [3.63, 3.8) is 0 Å². The summed E-state index contributed by atoms with van der Waals surface area (Å²) in [4.78, 5) is 4.94. The molecule has 3 heteroatoms. The minimum atomic E-state index is -0.171. The third kappa shape index (κ3) is 3.72. The number of β-amino-alcohol motifs (C(OH)–C–C–N with tert-alkyl or cyclic N) is 1. The van der Waals surface area contributed by atoms with E-state index in [9.17, 15) is 5.11 Å². The van der Waals surface area contributed by atoms with Crippen molar-refractivity contribution in [2.24, 2.45) is 5.92 Å². The highest BCUT2D eigenvalue weighted by Crippen LogP contribution is 2.16. The lowest BCUT2D eigenvalue weighted by atomic mass is 10.1. The summed E-state index contributed by atoms with van der Waals surface area (Å²) in [6.07, 6.45) is 1.09. The van der Waals surface area contributed by atoms with Gasteiger partial charge >= 0.3 is 0 Å². The van der Waals surface area contributed by atoms with Crippen LogP contribution in [-0.4, -0.2) is 59.8 Å². The van der Waals surface area contributed by atoms with Crippen LogP contribution in [0.1, 0.15) is 34.1 Å². The van der Waals surface area contributed by atoms with Gasteiger partial charge in [0.2, 0.25) is 0 Å². The number of hydrogen-bond acceptors (Lipinski definition) is 3. The van der Waals surface area contributed by atoms with Gasteiger partial charge in [-0.05, 0) is 32.0 Å². The van der Waals surface area contributed by atoms with Gasteiger partial charge in [-0.3, -0.25) is 9.80 Å². The maximum atomic E-state index is 9.87. The Morgan fingerprint density at radius 3 is 2.44 bits per heavy atom. The molecule has 0 aliphatic carbocycles. The van der Waals surface area contributed by atoms with Gasteiger partial charge in [0.05, 0.1) is 6.10 Å². The number of nitrogens with zero attached hydrogens (tertiary/aromatic N) is 2. The lowest BCUT2D eigenvalue weighted by molar-refractivity contribution is 0.0818. The van der Waals surface area contributed by atoms with Crippen molar-refractivity contribution in [1.29, 1.82) is 0 Å². The molecule has 3 nitrogen and oxygen atoms in total. The van der Waals surface area contributed by atoms with E-state index < -0.39 is 0 Å². The third-order valence-electron chi connectivity index (χ3n) is 3.79. The van der Waals surface area contributed by atoms with Crippen LogP contribution in [0.25, 0.3) is 0 Å². The number of aliphatic hydroxyl groups excluding tert-OH is 1. The van der Waals surface area contributed by atoms with E-state index in [0.717, 1.165) is 32.7 Å². The molecule has 1 aliphatic rings. The molecule has 0 bridgehead atoms. The summed E-state index contributed by atoms with van der Waals surface area (Å²) in [5, 5.41) is 9.87. The summed E-state index contributed by atoms with van der Waals surface area (Å²) < 4.78 is 0. The first kappa shape index (κ1) is 13.9. The maximum absolute atomic E-state index is 9.87. The zero-order chi connectivity index (χ0) is 12.1. The van der Waals surface area contributed by atoms with Gasteiger partial charge in [-0.25, -0.2) is 0 Å². The zero-order valence-corrected chi connectivity index (χ0v) is 11.3. The monoisotopic (exact) mass is 228 g/mol. The van der Waals surface area contributed by atoms with Gasteiger partial charge in [0.15, 0.2) is 0 Å². The van der Waals surface area contributed by atoms with Crippen molar-refractivity contribution in [3.8, 4) is 0 Å². The molecule has 2 unspecified atom stereocenters. The molecule has 96 valence electrons. The highest BCUT2D eigenvalue weighted by molar-refractivity contribution is 4.84. The number of likely N-dealkylation sites (N-methyl/N-ethyl adjacent to an activating group) is 1. The van der Waals surface area contributed by atoms with E-state index in [4.69, 9.17) is 0 Å². The van der Waals surface area contributed by atoms with Gasteiger partial charge in [-0.2, -0.15) is 0 Å². The van der Waals surface area contributed by atoms with Crippen LogP contribution in [-0.2, 0) is 0 Å². The third-order valence-corrected chi connectivity index (χ3v) is 3.79. The number of hydrogen-bond donors (Lipinski definition) is 1. The van der Waals surface area contributed by atoms with Crippen LogP contribution in [0.15, 0.2) is 0 Å². The van der Waals surface area contributed by atoms with Crippen LogP contribution in [0.3, 0.4) is 0 Å². The van der Waals surface area contributed by atoms with E-state index >= 15 is 0 Å². The van der Waals surface area contributed by atoms with Crippen LogP contribution in [0.5, 0.6) is 0 Å². The van der Waals surface area contributed by atoms with Gasteiger partial charge in [0.1, 0.15) is 0 Å². The molecule has 1 aliphatic heterocycles. The maximum Gasteiger partial charge on any atom is 0.0689 e. The van der Waals surface area contributed by atoms with Gasteiger partial charge < -0.3 is 5.11 Å². The van der Waals surface area contributed by atoms with Crippen molar-refractivity contribution < 1.29 is 5.11 Å². The Morgan fingerprint density at radius 2 is 1.94 bits per heavy atom. The van der Waals surface area contributed by atoms with Crippen molar-refractivity contribution in [3.05, 3.63) is 0 Å². The fourth-order valence-corrected chi connectivity index (χ4v) is 2.49. The molecule has 1 rings (SSSR count). The van der Waals surface area contributed by atoms with E-state index in [1.807, 2.05) is 0 Å². The molecule has 0 aromatic carbocycles. The zero-order valence-electron chi connectivity index (χ0n) is 11.3. The normalized spacial score (nSPS) is 24.6. The van der Waals surface area contributed by atoms with Gasteiger partial charge in [0.25, 0.3) is 0 Å². The highest BCUT2D eigenvalue weighted by atomic mass is 16.3. The quantitative estimate of drug-likeness (QED) is 0.745. The second kappa shape index (κ2) is 6.58. The lowest BCUT2D eigenvalue weighted by Crippen LogP contribution is -2.39. The van der Waals surface area contributed by atoms with Crippen molar-refractivity contribution >= 4 is 0 Å². The lowest BCUT2D eigenvalue weighted by Gasteiger charge is -2.27. The van der Waals surface area contributed by atoms with Crippen LogP contribution in [0.2, 0.25) is 0 Å². The van der Waals surface area contributed by atoms with Crippen molar-refractivity contribution in [2.75, 3.05) is 32.7 Å². The average molecular weight is 228 g/mol. The van der Waals surface area contributed by atoms with E-state index in [1.165, 1.54) is 6.42 Å². The minimum Gasteiger partial charge on any atom is -0.392 e. The molecule has 0 saturated carbocycles. The summed E-state index contributed by atoms with van der Waals surface area (Å²) >= 11 is 0. The van der Waals surface area contributed by atoms with E-state index in [0.29, 0.717) is 12.0 Å². The SMILES string of the molecule is CCN(CC)C1CCN(CC(O)C(C)C)C1. The molecule has 0 aromatic rings. The second-order valence-corrected chi connectivity index (χ2v) is 5.23. The molecule has 16 heavy (non-hydrogen) atoms. The molecule has 0 spiro atoms. The molecule has 1 heterocycles. The summed E-state index contributed by atoms with van der Waals surface area (Å²) in [7, 11) is 0. The largest absolute Gasteiger partial charge is 0.392 e. The van der Waals surface area contributed by atoms with Gasteiger partial charge in [-0.1, -0.05) is 27.7 Å². The Kier molecular flexibility index (Phi) is 5.73. The molecule has 0 radical (unpaired) electrons. The minimum absolute atomic E-state index is 0.171. The van der Waals surface area contributed by atoms with Gasteiger partial charge in [-0.15, -0.1) is 0 Å².